The number of phenolic OH excluding ortho intramolecular Hbond substituents is 1. The molecule has 88 valence electrons. The summed E-state index contributed by atoms with van der Waals surface area (Å²) in [5, 5.41) is 13.5. The highest BCUT2D eigenvalue weighted by molar-refractivity contribution is 9.09. The van der Waals surface area contributed by atoms with Crippen molar-refractivity contribution in [2.75, 3.05) is 11.9 Å². The number of alkyl halides is 1. The number of aromatic hydroxyl groups is 1. The molecule has 0 aliphatic heterocycles. The lowest BCUT2D eigenvalue weighted by atomic mass is 10.1. The Hall–Kier alpha value is -0.740. The number of hydrogen-bond donors (Lipinski definition) is 2. The van der Waals surface area contributed by atoms with Gasteiger partial charge in [-0.2, -0.15) is 0 Å². The third-order valence-electron chi connectivity index (χ3n) is 2.08. The van der Waals surface area contributed by atoms with Crippen molar-refractivity contribution < 1.29 is 9.90 Å². The van der Waals surface area contributed by atoms with Crippen LogP contribution in [0.1, 0.15) is 17.3 Å². The summed E-state index contributed by atoms with van der Waals surface area (Å²) in [6.45, 7) is 2.57. The number of benzene rings is 1. The molecule has 0 fully saturated rings. The molecule has 0 saturated heterocycles. The van der Waals surface area contributed by atoms with Gasteiger partial charge < -0.3 is 10.4 Å². The average molecular weight is 307 g/mol. The van der Waals surface area contributed by atoms with Gasteiger partial charge in [0, 0.05) is 16.9 Å². The summed E-state index contributed by atoms with van der Waals surface area (Å²) in [5.74, 6) is -0.0446. The first-order valence-electron chi connectivity index (χ1n) is 4.87. The first-order chi connectivity index (χ1) is 7.54. The van der Waals surface area contributed by atoms with Crippen LogP contribution in [-0.4, -0.2) is 22.9 Å². The fourth-order valence-electron chi connectivity index (χ4n) is 1.11. The highest BCUT2D eigenvalue weighted by Gasteiger charge is 2.11. The van der Waals surface area contributed by atoms with Gasteiger partial charge in [0.2, 0.25) is 0 Å². The molecule has 16 heavy (non-hydrogen) atoms. The first-order valence-corrected chi connectivity index (χ1v) is 6.37. The van der Waals surface area contributed by atoms with Crippen molar-refractivity contribution in [3.63, 3.8) is 0 Å². The number of carbonyl (C=O) groups is 1. The lowest BCUT2D eigenvalue weighted by Crippen LogP contribution is -2.28. The molecule has 1 unspecified atom stereocenters. The molecule has 0 saturated carbocycles. The second-order valence-corrected chi connectivity index (χ2v) is 4.71. The van der Waals surface area contributed by atoms with Crippen LogP contribution in [0.4, 0.5) is 0 Å². The lowest BCUT2D eigenvalue weighted by Gasteiger charge is -2.10. The maximum absolute atomic E-state index is 11.7. The Labute approximate surface area is 108 Å². The van der Waals surface area contributed by atoms with E-state index in [0.29, 0.717) is 17.5 Å². The van der Waals surface area contributed by atoms with Gasteiger partial charge in [-0.3, -0.25) is 4.79 Å². The Balaban J connectivity index is 2.66. The van der Waals surface area contributed by atoms with E-state index >= 15 is 0 Å². The molecular weight excluding hydrogens is 293 g/mol. The molecule has 1 atom stereocenters. The zero-order valence-corrected chi connectivity index (χ0v) is 11.2. The Morgan fingerprint density at radius 2 is 2.31 bits per heavy atom. The quantitative estimate of drug-likeness (QED) is 0.840. The number of halogens is 2. The molecule has 1 rings (SSSR count). The molecule has 1 aromatic carbocycles. The summed E-state index contributed by atoms with van der Waals surface area (Å²) >= 11 is 9.00. The van der Waals surface area contributed by atoms with E-state index in [1.165, 1.54) is 12.1 Å². The number of hydrogen-bond acceptors (Lipinski definition) is 2. The number of nitrogens with one attached hydrogen (secondary N) is 1. The molecule has 5 heteroatoms. The molecule has 1 aromatic rings. The van der Waals surface area contributed by atoms with Crippen molar-refractivity contribution in [2.45, 2.75) is 6.92 Å². The van der Waals surface area contributed by atoms with Crippen molar-refractivity contribution in [3.05, 3.63) is 28.8 Å². The molecule has 1 amide bonds. The van der Waals surface area contributed by atoms with E-state index in [4.69, 9.17) is 11.6 Å². The highest BCUT2D eigenvalue weighted by Crippen LogP contribution is 2.21. The molecule has 0 aromatic heterocycles. The smallest absolute Gasteiger partial charge is 0.255 e. The fourth-order valence-corrected chi connectivity index (χ4v) is 1.51. The zero-order valence-electron chi connectivity index (χ0n) is 8.84. The molecular formula is C11H13BrClNO2. The second kappa shape index (κ2) is 6.11. The van der Waals surface area contributed by atoms with Crippen LogP contribution in [-0.2, 0) is 0 Å². The van der Waals surface area contributed by atoms with Crippen molar-refractivity contribution in [2.24, 2.45) is 5.92 Å². The average Bonchev–Trinajstić information content (AvgIpc) is 2.25. The third kappa shape index (κ3) is 3.68. The summed E-state index contributed by atoms with van der Waals surface area (Å²) in [6, 6.07) is 4.43. The third-order valence-corrected chi connectivity index (χ3v) is 3.42. The molecule has 0 spiro atoms. The van der Waals surface area contributed by atoms with E-state index < -0.39 is 0 Å². The van der Waals surface area contributed by atoms with E-state index in [1.54, 1.807) is 6.07 Å². The predicted molar refractivity (Wildman–Crippen MR) is 68.4 cm³/mol. The van der Waals surface area contributed by atoms with Gasteiger partial charge in [0.1, 0.15) is 5.75 Å². The zero-order chi connectivity index (χ0) is 12.1. The SMILES string of the molecule is CC(CBr)CNC(=O)c1ccc(Cl)cc1O. The van der Waals surface area contributed by atoms with Crippen LogP contribution in [0, 0.1) is 5.92 Å². The van der Waals surface area contributed by atoms with E-state index in [2.05, 4.69) is 21.2 Å². The topological polar surface area (TPSA) is 49.3 Å². The van der Waals surface area contributed by atoms with Gasteiger partial charge in [0.25, 0.3) is 5.91 Å². The maximum Gasteiger partial charge on any atom is 0.255 e. The monoisotopic (exact) mass is 305 g/mol. The highest BCUT2D eigenvalue weighted by atomic mass is 79.9. The van der Waals surface area contributed by atoms with Gasteiger partial charge >= 0.3 is 0 Å². The Morgan fingerprint density at radius 3 is 2.88 bits per heavy atom. The van der Waals surface area contributed by atoms with E-state index in [-0.39, 0.29) is 17.2 Å². The standard InChI is InChI=1S/C11H13BrClNO2/c1-7(5-12)6-14-11(16)9-3-2-8(13)4-10(9)15/h2-4,7,15H,5-6H2,1H3,(H,14,16). The van der Waals surface area contributed by atoms with Crippen molar-refractivity contribution >= 4 is 33.4 Å². The van der Waals surface area contributed by atoms with E-state index in [1.807, 2.05) is 6.92 Å². The van der Waals surface area contributed by atoms with Crippen LogP contribution in [0.2, 0.25) is 5.02 Å². The molecule has 0 radical (unpaired) electrons. The number of amides is 1. The lowest BCUT2D eigenvalue weighted by molar-refractivity contribution is 0.0946. The molecule has 0 aliphatic carbocycles. The van der Waals surface area contributed by atoms with Crippen LogP contribution in [0.3, 0.4) is 0 Å². The van der Waals surface area contributed by atoms with Gasteiger partial charge in [-0.1, -0.05) is 34.5 Å². The summed E-state index contributed by atoms with van der Waals surface area (Å²) in [5.41, 5.74) is 0.242. The Morgan fingerprint density at radius 1 is 1.62 bits per heavy atom. The molecule has 0 aliphatic rings. The summed E-state index contributed by atoms with van der Waals surface area (Å²) in [4.78, 5) is 11.7. The number of rotatable bonds is 4. The maximum atomic E-state index is 11.7. The summed E-state index contributed by atoms with van der Waals surface area (Å²) in [7, 11) is 0. The number of carbonyl (C=O) groups excluding carboxylic acids is 1. The minimum Gasteiger partial charge on any atom is -0.507 e. The minimum atomic E-state index is -0.290. The molecule has 2 N–H and O–H groups in total. The van der Waals surface area contributed by atoms with Crippen molar-refractivity contribution in [1.29, 1.82) is 0 Å². The second-order valence-electron chi connectivity index (χ2n) is 3.63. The van der Waals surface area contributed by atoms with Crippen molar-refractivity contribution in [1.82, 2.24) is 5.32 Å². The molecule has 0 heterocycles. The van der Waals surface area contributed by atoms with Crippen LogP contribution < -0.4 is 5.32 Å². The van der Waals surface area contributed by atoms with Gasteiger partial charge in [0.05, 0.1) is 5.56 Å². The predicted octanol–water partition coefficient (Wildman–Crippen LogP) is 2.81. The largest absolute Gasteiger partial charge is 0.507 e. The summed E-state index contributed by atoms with van der Waals surface area (Å²) < 4.78 is 0. The van der Waals surface area contributed by atoms with Crippen LogP contribution in [0.15, 0.2) is 18.2 Å². The van der Waals surface area contributed by atoms with Crippen LogP contribution in [0.25, 0.3) is 0 Å². The van der Waals surface area contributed by atoms with Crippen LogP contribution >= 0.6 is 27.5 Å². The number of phenols is 1. The minimum absolute atomic E-state index is 0.100. The molecule has 0 bridgehead atoms. The first kappa shape index (κ1) is 13.3. The van der Waals surface area contributed by atoms with Gasteiger partial charge in [-0.25, -0.2) is 0 Å². The van der Waals surface area contributed by atoms with Crippen molar-refractivity contribution in [3.8, 4) is 5.75 Å². The fraction of sp³-hybridized carbons (Fsp3) is 0.364. The van der Waals surface area contributed by atoms with E-state index in [9.17, 15) is 9.90 Å². The Bertz CT molecular complexity index is 384. The molecule has 3 nitrogen and oxygen atoms in total. The summed E-state index contributed by atoms with van der Waals surface area (Å²) in [6.07, 6.45) is 0. The van der Waals surface area contributed by atoms with Gasteiger partial charge in [0.15, 0.2) is 0 Å². The van der Waals surface area contributed by atoms with Gasteiger partial charge in [-0.15, -0.1) is 0 Å². The van der Waals surface area contributed by atoms with Gasteiger partial charge in [-0.05, 0) is 24.1 Å². The van der Waals surface area contributed by atoms with E-state index in [0.717, 1.165) is 5.33 Å². The van der Waals surface area contributed by atoms with Crippen LogP contribution in [0.5, 0.6) is 5.75 Å². The normalized spacial score (nSPS) is 12.2. The Kier molecular flexibility index (Phi) is 5.09.